The number of unbranched alkanes of at least 4 members (excludes halogenated alkanes) is 3. The van der Waals surface area contributed by atoms with E-state index in [1.165, 1.54) is 12.1 Å². The molecule has 0 radical (unpaired) electrons. The summed E-state index contributed by atoms with van der Waals surface area (Å²) in [4.78, 5) is 7.28. The summed E-state index contributed by atoms with van der Waals surface area (Å²) in [5, 5.41) is 40.1. The van der Waals surface area contributed by atoms with Crippen molar-refractivity contribution >= 4 is 11.3 Å². The number of nitrogens with zero attached hydrogens (tertiary/aromatic N) is 2. The van der Waals surface area contributed by atoms with Crippen LogP contribution in [0.3, 0.4) is 0 Å². The normalized spacial score (nSPS) is 24.9. The van der Waals surface area contributed by atoms with Gasteiger partial charge in [0.05, 0.1) is 23.7 Å². The minimum Gasteiger partial charge on any atom is -0.389 e. The average molecular weight is 455 g/mol. The first-order valence-electron chi connectivity index (χ1n) is 10.7. The van der Waals surface area contributed by atoms with Crippen molar-refractivity contribution in [1.82, 2.24) is 9.88 Å². The van der Waals surface area contributed by atoms with Gasteiger partial charge in [-0.25, -0.2) is 9.37 Å². The first-order valence-corrected chi connectivity index (χ1v) is 11.5. The van der Waals surface area contributed by atoms with E-state index in [9.17, 15) is 24.8 Å². The summed E-state index contributed by atoms with van der Waals surface area (Å²) >= 11 is 1.54. The van der Waals surface area contributed by atoms with E-state index in [-0.39, 0.29) is 18.9 Å². The van der Waals surface area contributed by atoms with Crippen molar-refractivity contribution in [2.24, 2.45) is 0 Å². The molecule has 2 heterocycles. The number of aliphatic hydroxyl groups excluding tert-OH is 4. The summed E-state index contributed by atoms with van der Waals surface area (Å²) in [6, 6.07) is 6.29. The summed E-state index contributed by atoms with van der Waals surface area (Å²) in [6.07, 6.45) is 0.881. The van der Waals surface area contributed by atoms with Crippen LogP contribution in [0.1, 0.15) is 30.6 Å². The molecule has 2 aromatic rings. The van der Waals surface area contributed by atoms with E-state index >= 15 is 0 Å². The SMILES string of the molecule is O[C@H]1[C@H](O)[C@@H](O)CN(CCCCCCOCc2cnc(-c3ccc(F)cc3)s2)C[C@@H]1O. The molecule has 7 nitrogen and oxygen atoms in total. The number of β-amino-alcohol motifs (C(OH)–C–C–N with tert-alkyl or cyclic N) is 2. The van der Waals surface area contributed by atoms with Crippen LogP contribution in [0.25, 0.3) is 10.6 Å². The smallest absolute Gasteiger partial charge is 0.123 e. The Labute approximate surface area is 185 Å². The van der Waals surface area contributed by atoms with Crippen LogP contribution in [0.4, 0.5) is 4.39 Å². The molecule has 1 aromatic heterocycles. The van der Waals surface area contributed by atoms with Gasteiger partial charge in [0.25, 0.3) is 0 Å². The molecule has 1 aromatic carbocycles. The number of benzene rings is 1. The molecule has 0 bridgehead atoms. The molecule has 0 spiro atoms. The lowest BCUT2D eigenvalue weighted by molar-refractivity contribution is -0.0894. The predicted molar refractivity (Wildman–Crippen MR) is 116 cm³/mol. The van der Waals surface area contributed by atoms with Gasteiger partial charge in [-0.05, 0) is 43.7 Å². The Balaban J connectivity index is 1.26. The van der Waals surface area contributed by atoms with Gasteiger partial charge in [0, 0.05) is 31.5 Å². The van der Waals surface area contributed by atoms with Gasteiger partial charge in [-0.15, -0.1) is 11.3 Å². The molecule has 4 N–H and O–H groups in total. The molecule has 31 heavy (non-hydrogen) atoms. The summed E-state index contributed by atoms with van der Waals surface area (Å²) in [5.74, 6) is -0.261. The summed E-state index contributed by atoms with van der Waals surface area (Å²) in [6.45, 7) is 2.35. The largest absolute Gasteiger partial charge is 0.389 e. The molecule has 1 aliphatic rings. The van der Waals surface area contributed by atoms with Gasteiger partial charge in [-0.3, -0.25) is 4.90 Å². The zero-order valence-electron chi connectivity index (χ0n) is 17.4. The minimum absolute atomic E-state index is 0.243. The van der Waals surface area contributed by atoms with E-state index in [2.05, 4.69) is 4.98 Å². The Morgan fingerprint density at radius 1 is 0.968 bits per heavy atom. The third-order valence-corrected chi connectivity index (χ3v) is 6.45. The number of likely N-dealkylation sites (tertiary alicyclic amines) is 1. The Morgan fingerprint density at radius 3 is 2.29 bits per heavy atom. The second-order valence-electron chi connectivity index (χ2n) is 7.98. The van der Waals surface area contributed by atoms with Crippen molar-refractivity contribution in [2.45, 2.75) is 56.7 Å². The second kappa shape index (κ2) is 12.0. The standard InChI is InChI=1S/C22H31FN2O5S/c23-16-7-5-15(6-8-16)22-24-11-17(31-22)14-30-10-4-2-1-3-9-25-12-18(26)20(28)21(29)19(27)13-25/h5-8,11,18-21,26-29H,1-4,9-10,12-14H2/t18-,19-,20+,21+/m0/s1. The highest BCUT2D eigenvalue weighted by Gasteiger charge is 2.35. The number of hydrogen-bond donors (Lipinski definition) is 4. The third kappa shape index (κ3) is 7.28. The highest BCUT2D eigenvalue weighted by atomic mass is 32.1. The van der Waals surface area contributed by atoms with Gasteiger partial charge in [0.15, 0.2) is 0 Å². The monoisotopic (exact) mass is 454 g/mol. The summed E-state index contributed by atoms with van der Waals surface area (Å²) in [7, 11) is 0. The molecule has 172 valence electrons. The van der Waals surface area contributed by atoms with E-state index in [0.717, 1.165) is 41.1 Å². The highest BCUT2D eigenvalue weighted by Crippen LogP contribution is 2.25. The van der Waals surface area contributed by atoms with Gasteiger partial charge < -0.3 is 25.2 Å². The average Bonchev–Trinajstić information content (AvgIpc) is 3.20. The highest BCUT2D eigenvalue weighted by molar-refractivity contribution is 7.15. The fraction of sp³-hybridized carbons (Fsp3) is 0.591. The van der Waals surface area contributed by atoms with Gasteiger partial charge in [-0.2, -0.15) is 0 Å². The van der Waals surface area contributed by atoms with Crippen molar-refractivity contribution in [1.29, 1.82) is 0 Å². The fourth-order valence-electron chi connectivity index (χ4n) is 3.62. The third-order valence-electron chi connectivity index (χ3n) is 5.43. The molecular weight excluding hydrogens is 423 g/mol. The number of halogens is 1. The number of aromatic nitrogens is 1. The maximum atomic E-state index is 13.0. The maximum absolute atomic E-state index is 13.0. The van der Waals surface area contributed by atoms with Crippen LogP contribution in [0, 0.1) is 5.82 Å². The zero-order chi connectivity index (χ0) is 22.2. The van der Waals surface area contributed by atoms with E-state index in [1.54, 1.807) is 29.7 Å². The lowest BCUT2D eigenvalue weighted by Gasteiger charge is -2.23. The van der Waals surface area contributed by atoms with Crippen molar-refractivity contribution in [3.8, 4) is 10.6 Å². The molecule has 1 saturated heterocycles. The van der Waals surface area contributed by atoms with Crippen LogP contribution >= 0.6 is 11.3 Å². The van der Waals surface area contributed by atoms with Crippen LogP contribution in [0.15, 0.2) is 30.5 Å². The molecule has 9 heteroatoms. The first kappa shape index (κ1) is 24.2. The molecule has 0 saturated carbocycles. The minimum atomic E-state index is -1.32. The van der Waals surface area contributed by atoms with Crippen LogP contribution in [-0.4, -0.2) is 81.0 Å². The number of aliphatic hydroxyl groups is 4. The van der Waals surface area contributed by atoms with E-state index in [4.69, 9.17) is 4.74 Å². The molecule has 3 rings (SSSR count). The van der Waals surface area contributed by atoms with Crippen LogP contribution < -0.4 is 0 Å². The van der Waals surface area contributed by atoms with Gasteiger partial charge in [0.1, 0.15) is 23.0 Å². The van der Waals surface area contributed by atoms with Crippen molar-refractivity contribution in [3.63, 3.8) is 0 Å². The topological polar surface area (TPSA) is 106 Å². The molecule has 0 amide bonds. The Kier molecular flexibility index (Phi) is 9.33. The quantitative estimate of drug-likeness (QED) is 0.406. The molecule has 1 aliphatic heterocycles. The lowest BCUT2D eigenvalue weighted by atomic mass is 10.1. The number of thiazole rings is 1. The lowest BCUT2D eigenvalue weighted by Crippen LogP contribution is -2.43. The Bertz CT molecular complexity index is 774. The summed E-state index contributed by atoms with van der Waals surface area (Å²) in [5.41, 5.74) is 0.895. The van der Waals surface area contributed by atoms with Gasteiger partial charge in [-0.1, -0.05) is 12.8 Å². The molecule has 1 fully saturated rings. The van der Waals surface area contributed by atoms with Crippen molar-refractivity contribution in [3.05, 3.63) is 41.2 Å². The maximum Gasteiger partial charge on any atom is 0.123 e. The van der Waals surface area contributed by atoms with Crippen molar-refractivity contribution in [2.75, 3.05) is 26.2 Å². The van der Waals surface area contributed by atoms with E-state index < -0.39 is 24.4 Å². The van der Waals surface area contributed by atoms with E-state index in [0.29, 0.717) is 19.8 Å². The first-order chi connectivity index (χ1) is 14.9. The molecule has 4 atom stereocenters. The van der Waals surface area contributed by atoms with E-state index in [1.807, 2.05) is 4.90 Å². The van der Waals surface area contributed by atoms with Gasteiger partial charge in [0.2, 0.25) is 0 Å². The van der Waals surface area contributed by atoms with Crippen molar-refractivity contribution < 1.29 is 29.6 Å². The van der Waals surface area contributed by atoms with Crippen LogP contribution in [-0.2, 0) is 11.3 Å². The fourth-order valence-corrected chi connectivity index (χ4v) is 4.48. The van der Waals surface area contributed by atoms with Crippen LogP contribution in [0.5, 0.6) is 0 Å². The summed E-state index contributed by atoms with van der Waals surface area (Å²) < 4.78 is 18.7. The second-order valence-corrected chi connectivity index (χ2v) is 9.10. The number of hydrogen-bond acceptors (Lipinski definition) is 8. The predicted octanol–water partition coefficient (Wildman–Crippen LogP) is 1.79. The van der Waals surface area contributed by atoms with Gasteiger partial charge >= 0.3 is 0 Å². The molecular formula is C22H31FN2O5S. The van der Waals surface area contributed by atoms with Crippen LogP contribution in [0.2, 0.25) is 0 Å². The molecule has 0 aliphatic carbocycles. The Hall–Kier alpha value is -1.46. The molecule has 0 unspecified atom stereocenters. The Morgan fingerprint density at radius 2 is 1.61 bits per heavy atom. The number of ether oxygens (including phenoxy) is 1. The number of rotatable bonds is 10. The zero-order valence-corrected chi connectivity index (χ0v) is 18.3.